The van der Waals surface area contributed by atoms with Gasteiger partial charge in [0.05, 0.1) is 22.8 Å². The van der Waals surface area contributed by atoms with Crippen LogP contribution in [-0.2, 0) is 11.3 Å². The summed E-state index contributed by atoms with van der Waals surface area (Å²) in [7, 11) is 0. The second-order valence-electron chi connectivity index (χ2n) is 7.89. The van der Waals surface area contributed by atoms with E-state index in [1.807, 2.05) is 12.1 Å². The van der Waals surface area contributed by atoms with E-state index in [4.69, 9.17) is 4.74 Å². The van der Waals surface area contributed by atoms with E-state index in [1.165, 1.54) is 16.3 Å². The minimum Gasteiger partial charge on any atom is -0.376 e. The van der Waals surface area contributed by atoms with Crippen molar-refractivity contribution in [1.82, 2.24) is 14.9 Å². The summed E-state index contributed by atoms with van der Waals surface area (Å²) in [5, 5.41) is 3.69. The van der Waals surface area contributed by atoms with Gasteiger partial charge in [0.15, 0.2) is 10.9 Å². The molecule has 1 fully saturated rings. The number of aromatic nitrogens is 2. The summed E-state index contributed by atoms with van der Waals surface area (Å²) in [5.74, 6) is -0.188. The number of ketones is 1. The first kappa shape index (κ1) is 24.4. The number of fused-ring (bicyclic) bond motifs is 1. The molecule has 1 saturated heterocycles. The SMILES string of the molecule is C=CCn1c(SCC(=O)c2ccc(Br)cc2)nc2cc(C(=O)NCC3CCCO3)ccc2c1=O. The zero-order valence-electron chi connectivity index (χ0n) is 18.5. The molecule has 1 amide bonds. The predicted molar refractivity (Wildman–Crippen MR) is 137 cm³/mol. The summed E-state index contributed by atoms with van der Waals surface area (Å²) in [4.78, 5) is 43.0. The first-order chi connectivity index (χ1) is 16.5. The molecule has 7 nitrogen and oxygen atoms in total. The Balaban J connectivity index is 1.57. The number of hydrogen-bond acceptors (Lipinski definition) is 6. The van der Waals surface area contributed by atoms with Gasteiger partial charge in [-0.3, -0.25) is 19.0 Å². The molecule has 0 aliphatic carbocycles. The van der Waals surface area contributed by atoms with Gasteiger partial charge in [0.1, 0.15) is 0 Å². The van der Waals surface area contributed by atoms with Gasteiger partial charge in [0, 0.05) is 35.3 Å². The number of carbonyl (C=O) groups is 2. The fourth-order valence-electron chi connectivity index (χ4n) is 3.71. The number of amides is 1. The first-order valence-electron chi connectivity index (χ1n) is 10.9. The predicted octanol–water partition coefficient (Wildman–Crippen LogP) is 4.23. The van der Waals surface area contributed by atoms with Gasteiger partial charge in [-0.15, -0.1) is 6.58 Å². The third-order valence-electron chi connectivity index (χ3n) is 5.51. The van der Waals surface area contributed by atoms with E-state index in [2.05, 4.69) is 32.8 Å². The van der Waals surface area contributed by atoms with Crippen molar-refractivity contribution >= 4 is 50.3 Å². The molecule has 0 saturated carbocycles. The van der Waals surface area contributed by atoms with E-state index < -0.39 is 0 Å². The Bertz CT molecular complexity index is 1280. The van der Waals surface area contributed by atoms with Crippen LogP contribution in [0.15, 0.2) is 69.5 Å². The number of nitrogens with one attached hydrogen (secondary N) is 1. The molecule has 0 radical (unpaired) electrons. The van der Waals surface area contributed by atoms with Crippen molar-refractivity contribution in [2.75, 3.05) is 18.9 Å². The molecule has 9 heteroatoms. The van der Waals surface area contributed by atoms with E-state index in [0.717, 1.165) is 23.9 Å². The molecule has 1 unspecified atom stereocenters. The number of allylic oxidation sites excluding steroid dienone is 1. The Hall–Kier alpha value is -2.75. The van der Waals surface area contributed by atoms with Gasteiger partial charge in [-0.25, -0.2) is 4.98 Å². The molecule has 176 valence electrons. The van der Waals surface area contributed by atoms with Crippen molar-refractivity contribution < 1.29 is 14.3 Å². The zero-order valence-corrected chi connectivity index (χ0v) is 20.9. The quantitative estimate of drug-likeness (QED) is 0.189. The van der Waals surface area contributed by atoms with Crippen LogP contribution in [0.1, 0.15) is 33.6 Å². The average molecular weight is 542 g/mol. The van der Waals surface area contributed by atoms with Crippen molar-refractivity contribution in [1.29, 1.82) is 0 Å². The number of rotatable bonds is 9. The lowest BCUT2D eigenvalue weighted by atomic mass is 10.1. The Kier molecular flexibility index (Phi) is 7.97. The van der Waals surface area contributed by atoms with Crippen LogP contribution >= 0.6 is 27.7 Å². The molecule has 34 heavy (non-hydrogen) atoms. The molecule has 1 atom stereocenters. The first-order valence-corrected chi connectivity index (χ1v) is 12.7. The highest BCUT2D eigenvalue weighted by atomic mass is 79.9. The highest BCUT2D eigenvalue weighted by molar-refractivity contribution is 9.10. The second-order valence-corrected chi connectivity index (χ2v) is 9.75. The number of hydrogen-bond donors (Lipinski definition) is 1. The molecular formula is C25H24BrN3O4S. The highest BCUT2D eigenvalue weighted by Gasteiger charge is 2.18. The maximum atomic E-state index is 13.1. The van der Waals surface area contributed by atoms with Crippen LogP contribution in [0.4, 0.5) is 0 Å². The smallest absolute Gasteiger partial charge is 0.262 e. The van der Waals surface area contributed by atoms with Crippen LogP contribution < -0.4 is 10.9 Å². The molecule has 1 aliphatic heterocycles. The Morgan fingerprint density at radius 3 is 2.71 bits per heavy atom. The van der Waals surface area contributed by atoms with Crippen LogP contribution in [-0.4, -0.2) is 46.2 Å². The van der Waals surface area contributed by atoms with Gasteiger partial charge in [-0.2, -0.15) is 0 Å². The normalized spacial score (nSPS) is 15.4. The van der Waals surface area contributed by atoms with Crippen LogP contribution in [0.3, 0.4) is 0 Å². The Labute approximate surface area is 209 Å². The van der Waals surface area contributed by atoms with Gasteiger partial charge < -0.3 is 10.1 Å². The van der Waals surface area contributed by atoms with Crippen LogP contribution in [0.2, 0.25) is 0 Å². The van der Waals surface area contributed by atoms with Crippen molar-refractivity contribution in [3.8, 4) is 0 Å². The topological polar surface area (TPSA) is 90.3 Å². The lowest BCUT2D eigenvalue weighted by molar-refractivity contribution is 0.0857. The highest BCUT2D eigenvalue weighted by Crippen LogP contribution is 2.21. The minimum absolute atomic E-state index is 0.0416. The molecule has 0 bridgehead atoms. The van der Waals surface area contributed by atoms with Gasteiger partial charge in [0.2, 0.25) is 0 Å². The van der Waals surface area contributed by atoms with E-state index in [1.54, 1.807) is 36.4 Å². The minimum atomic E-state index is -0.242. The molecule has 0 spiro atoms. The van der Waals surface area contributed by atoms with Crippen molar-refractivity contribution in [3.05, 3.63) is 81.1 Å². The average Bonchev–Trinajstić information content (AvgIpc) is 3.37. The maximum absolute atomic E-state index is 13.1. The number of halogens is 1. The molecule has 2 heterocycles. The molecule has 2 aromatic carbocycles. The fraction of sp³-hybridized carbons (Fsp3) is 0.280. The van der Waals surface area contributed by atoms with Crippen LogP contribution in [0.5, 0.6) is 0 Å². The van der Waals surface area contributed by atoms with Gasteiger partial charge in [0.25, 0.3) is 11.5 Å². The number of nitrogens with zero attached hydrogens (tertiary/aromatic N) is 2. The van der Waals surface area contributed by atoms with Crippen molar-refractivity contribution in [2.45, 2.75) is 30.6 Å². The second kappa shape index (κ2) is 11.1. The van der Waals surface area contributed by atoms with Crippen LogP contribution in [0.25, 0.3) is 10.9 Å². The van der Waals surface area contributed by atoms with Gasteiger partial charge in [-0.1, -0.05) is 45.9 Å². The number of thioether (sulfide) groups is 1. The standard InChI is InChI=1S/C25H24BrN3O4S/c1-2-11-29-24(32)20-10-7-17(23(31)27-14-19-4-3-12-33-19)13-21(20)28-25(29)34-15-22(30)16-5-8-18(26)9-6-16/h2,5-10,13,19H,1,3-4,11-12,14-15H2,(H,27,31). The van der Waals surface area contributed by atoms with E-state index in [0.29, 0.717) is 33.7 Å². The summed E-state index contributed by atoms with van der Waals surface area (Å²) < 4.78 is 7.93. The Morgan fingerprint density at radius 1 is 1.24 bits per heavy atom. The number of benzene rings is 2. The molecule has 4 rings (SSSR count). The van der Waals surface area contributed by atoms with Gasteiger partial charge >= 0.3 is 0 Å². The molecule has 3 aromatic rings. The number of carbonyl (C=O) groups excluding carboxylic acids is 2. The van der Waals surface area contributed by atoms with Crippen molar-refractivity contribution in [2.24, 2.45) is 0 Å². The van der Waals surface area contributed by atoms with Crippen molar-refractivity contribution in [3.63, 3.8) is 0 Å². The lowest BCUT2D eigenvalue weighted by Crippen LogP contribution is -2.31. The van der Waals surface area contributed by atoms with Crippen LogP contribution in [0, 0.1) is 0 Å². The number of Topliss-reactive ketones (excluding diaryl/α,β-unsaturated/α-hetero) is 1. The summed E-state index contributed by atoms with van der Waals surface area (Å²) in [5.41, 5.74) is 1.17. The largest absolute Gasteiger partial charge is 0.376 e. The third kappa shape index (κ3) is 5.65. The maximum Gasteiger partial charge on any atom is 0.262 e. The summed E-state index contributed by atoms with van der Waals surface area (Å²) >= 11 is 4.55. The lowest BCUT2D eigenvalue weighted by Gasteiger charge is -2.13. The number of ether oxygens (including phenoxy) is 1. The zero-order chi connectivity index (χ0) is 24.1. The molecule has 1 N–H and O–H groups in total. The summed E-state index contributed by atoms with van der Waals surface area (Å²) in [6.07, 6.45) is 3.59. The summed E-state index contributed by atoms with van der Waals surface area (Å²) in [6.45, 7) is 5.17. The van der Waals surface area contributed by atoms with E-state index in [9.17, 15) is 14.4 Å². The van der Waals surface area contributed by atoms with E-state index in [-0.39, 0.29) is 35.7 Å². The van der Waals surface area contributed by atoms with Gasteiger partial charge in [-0.05, 0) is 43.2 Å². The fourth-order valence-corrected chi connectivity index (χ4v) is 4.87. The monoisotopic (exact) mass is 541 g/mol. The summed E-state index contributed by atoms with van der Waals surface area (Å²) in [6, 6.07) is 12.0. The Morgan fingerprint density at radius 2 is 2.00 bits per heavy atom. The molecule has 1 aliphatic rings. The molecule has 1 aromatic heterocycles. The molecular weight excluding hydrogens is 518 g/mol. The van der Waals surface area contributed by atoms with E-state index >= 15 is 0 Å². The third-order valence-corrected chi connectivity index (χ3v) is 7.01.